The molecule has 0 bridgehead atoms. The Hall–Kier alpha value is -1.13. The third kappa shape index (κ3) is 3.91. The number of amides is 1. The quantitative estimate of drug-likeness (QED) is 0.895. The van der Waals surface area contributed by atoms with Crippen molar-refractivity contribution >= 4 is 17.5 Å². The molecule has 0 unspecified atom stereocenters. The Morgan fingerprint density at radius 1 is 1.58 bits per heavy atom. The van der Waals surface area contributed by atoms with Crippen LogP contribution in [0.5, 0.6) is 0 Å². The van der Waals surface area contributed by atoms with Gasteiger partial charge in [0, 0.05) is 17.8 Å². The molecule has 2 rings (SSSR count). The SMILES string of the molecule is CC1CCC(O)(CNC(=O)c2cc(Cl)ccn2)CC1. The molecular weight excluding hydrogens is 264 g/mol. The van der Waals surface area contributed by atoms with Crippen LogP contribution in [0.25, 0.3) is 0 Å². The molecule has 1 aromatic rings. The Bertz CT molecular complexity index is 457. The smallest absolute Gasteiger partial charge is 0.270 e. The number of halogens is 1. The van der Waals surface area contributed by atoms with Crippen LogP contribution in [0, 0.1) is 5.92 Å². The van der Waals surface area contributed by atoms with Crippen molar-refractivity contribution in [1.82, 2.24) is 10.3 Å². The number of nitrogens with one attached hydrogen (secondary N) is 1. The zero-order chi connectivity index (χ0) is 13.9. The number of pyridine rings is 1. The molecule has 1 amide bonds. The Morgan fingerprint density at radius 2 is 2.26 bits per heavy atom. The summed E-state index contributed by atoms with van der Waals surface area (Å²) in [6.45, 7) is 2.46. The van der Waals surface area contributed by atoms with Gasteiger partial charge in [-0.2, -0.15) is 0 Å². The van der Waals surface area contributed by atoms with E-state index in [1.54, 1.807) is 6.07 Å². The zero-order valence-electron chi connectivity index (χ0n) is 11.0. The van der Waals surface area contributed by atoms with Crippen LogP contribution in [0.3, 0.4) is 0 Å². The van der Waals surface area contributed by atoms with Crippen molar-refractivity contribution in [2.45, 2.75) is 38.2 Å². The van der Waals surface area contributed by atoms with Crippen LogP contribution in [-0.2, 0) is 0 Å². The first-order valence-electron chi connectivity index (χ1n) is 6.61. The van der Waals surface area contributed by atoms with Crippen LogP contribution in [0.1, 0.15) is 43.1 Å². The van der Waals surface area contributed by atoms with Gasteiger partial charge >= 0.3 is 0 Å². The fourth-order valence-electron chi connectivity index (χ4n) is 2.34. The highest BCUT2D eigenvalue weighted by atomic mass is 35.5. The van der Waals surface area contributed by atoms with E-state index in [1.165, 1.54) is 12.3 Å². The first-order chi connectivity index (χ1) is 8.98. The van der Waals surface area contributed by atoms with Crippen molar-refractivity contribution < 1.29 is 9.90 Å². The molecule has 0 aliphatic heterocycles. The fraction of sp³-hybridized carbons (Fsp3) is 0.571. The van der Waals surface area contributed by atoms with Gasteiger partial charge in [-0.15, -0.1) is 0 Å². The summed E-state index contributed by atoms with van der Waals surface area (Å²) in [6, 6.07) is 3.14. The first-order valence-corrected chi connectivity index (χ1v) is 6.98. The first kappa shape index (κ1) is 14.3. The lowest BCUT2D eigenvalue weighted by Crippen LogP contribution is -2.45. The summed E-state index contributed by atoms with van der Waals surface area (Å²) in [7, 11) is 0. The Labute approximate surface area is 118 Å². The van der Waals surface area contributed by atoms with Gasteiger partial charge in [0.05, 0.1) is 5.60 Å². The number of rotatable bonds is 3. The monoisotopic (exact) mass is 282 g/mol. The molecule has 0 spiro atoms. The summed E-state index contributed by atoms with van der Waals surface area (Å²) in [6.07, 6.45) is 4.96. The average molecular weight is 283 g/mol. The summed E-state index contributed by atoms with van der Waals surface area (Å²) in [5.74, 6) is 0.361. The fourth-order valence-corrected chi connectivity index (χ4v) is 2.50. The Balaban J connectivity index is 1.90. The van der Waals surface area contributed by atoms with Gasteiger partial charge in [0.1, 0.15) is 5.69 Å². The van der Waals surface area contributed by atoms with Crippen LogP contribution in [0.2, 0.25) is 5.02 Å². The maximum Gasteiger partial charge on any atom is 0.270 e. The van der Waals surface area contributed by atoms with Gasteiger partial charge < -0.3 is 10.4 Å². The van der Waals surface area contributed by atoms with Gasteiger partial charge in [-0.3, -0.25) is 9.78 Å². The molecule has 0 atom stereocenters. The van der Waals surface area contributed by atoms with E-state index in [9.17, 15) is 9.90 Å². The van der Waals surface area contributed by atoms with E-state index >= 15 is 0 Å². The lowest BCUT2D eigenvalue weighted by Gasteiger charge is -2.34. The van der Waals surface area contributed by atoms with Crippen molar-refractivity contribution in [3.05, 3.63) is 29.0 Å². The molecule has 104 valence electrons. The Kier molecular flexibility index (Phi) is 4.42. The van der Waals surface area contributed by atoms with E-state index in [0.717, 1.165) is 25.7 Å². The van der Waals surface area contributed by atoms with E-state index in [4.69, 9.17) is 11.6 Å². The summed E-state index contributed by atoms with van der Waals surface area (Å²) in [5, 5.41) is 13.6. The molecule has 2 N–H and O–H groups in total. The van der Waals surface area contributed by atoms with Gasteiger partial charge in [-0.1, -0.05) is 18.5 Å². The lowest BCUT2D eigenvalue weighted by atomic mass is 9.79. The van der Waals surface area contributed by atoms with E-state index in [0.29, 0.717) is 10.9 Å². The van der Waals surface area contributed by atoms with E-state index in [-0.39, 0.29) is 18.1 Å². The summed E-state index contributed by atoms with van der Waals surface area (Å²) < 4.78 is 0. The molecule has 5 heteroatoms. The van der Waals surface area contributed by atoms with Crippen LogP contribution >= 0.6 is 11.6 Å². The third-order valence-electron chi connectivity index (χ3n) is 3.74. The van der Waals surface area contributed by atoms with Crippen molar-refractivity contribution in [2.75, 3.05) is 6.54 Å². The topological polar surface area (TPSA) is 62.2 Å². The van der Waals surface area contributed by atoms with Crippen molar-refractivity contribution in [3.63, 3.8) is 0 Å². The number of hydrogen-bond acceptors (Lipinski definition) is 3. The maximum atomic E-state index is 11.9. The minimum Gasteiger partial charge on any atom is -0.388 e. The van der Waals surface area contributed by atoms with Crippen molar-refractivity contribution in [1.29, 1.82) is 0 Å². The minimum atomic E-state index is -0.777. The predicted octanol–water partition coefficient (Wildman–Crippen LogP) is 2.41. The highest BCUT2D eigenvalue weighted by Gasteiger charge is 2.32. The predicted molar refractivity (Wildman–Crippen MR) is 74.2 cm³/mol. The highest BCUT2D eigenvalue weighted by molar-refractivity contribution is 6.30. The highest BCUT2D eigenvalue weighted by Crippen LogP contribution is 2.31. The molecule has 0 radical (unpaired) electrons. The summed E-state index contributed by atoms with van der Waals surface area (Å²) >= 11 is 5.81. The van der Waals surface area contributed by atoms with Crippen LogP contribution in [0.15, 0.2) is 18.3 Å². The van der Waals surface area contributed by atoms with E-state index < -0.39 is 5.60 Å². The molecule has 1 aromatic heterocycles. The maximum absolute atomic E-state index is 11.9. The van der Waals surface area contributed by atoms with Crippen LogP contribution < -0.4 is 5.32 Å². The lowest BCUT2D eigenvalue weighted by molar-refractivity contribution is -0.00543. The number of aliphatic hydroxyl groups is 1. The molecule has 1 aliphatic rings. The third-order valence-corrected chi connectivity index (χ3v) is 3.97. The van der Waals surface area contributed by atoms with Crippen molar-refractivity contribution in [2.24, 2.45) is 5.92 Å². The number of carbonyl (C=O) groups is 1. The standard InChI is InChI=1S/C14H19ClN2O2/c1-10-2-5-14(19,6-3-10)9-17-13(18)12-8-11(15)4-7-16-12/h4,7-8,10,19H,2-3,5-6,9H2,1H3,(H,17,18). The number of aromatic nitrogens is 1. The average Bonchev–Trinajstić information content (AvgIpc) is 2.40. The molecular formula is C14H19ClN2O2. The largest absolute Gasteiger partial charge is 0.388 e. The van der Waals surface area contributed by atoms with E-state index in [2.05, 4.69) is 17.2 Å². The minimum absolute atomic E-state index is 0.271. The molecule has 4 nitrogen and oxygen atoms in total. The molecule has 1 aliphatic carbocycles. The molecule has 1 fully saturated rings. The van der Waals surface area contributed by atoms with Gasteiger partial charge in [0.15, 0.2) is 0 Å². The van der Waals surface area contributed by atoms with Gasteiger partial charge in [0.25, 0.3) is 5.91 Å². The normalized spacial score (nSPS) is 27.0. The van der Waals surface area contributed by atoms with Crippen LogP contribution in [-0.4, -0.2) is 28.1 Å². The molecule has 1 heterocycles. The number of nitrogens with zero attached hydrogens (tertiary/aromatic N) is 1. The van der Waals surface area contributed by atoms with Gasteiger partial charge in [0.2, 0.25) is 0 Å². The van der Waals surface area contributed by atoms with Gasteiger partial charge in [-0.25, -0.2) is 0 Å². The zero-order valence-corrected chi connectivity index (χ0v) is 11.8. The van der Waals surface area contributed by atoms with E-state index in [1.807, 2.05) is 0 Å². The Morgan fingerprint density at radius 3 is 2.89 bits per heavy atom. The van der Waals surface area contributed by atoms with Crippen LogP contribution in [0.4, 0.5) is 0 Å². The van der Waals surface area contributed by atoms with Gasteiger partial charge in [-0.05, 0) is 43.7 Å². The molecule has 0 aromatic carbocycles. The number of hydrogen-bond donors (Lipinski definition) is 2. The molecule has 0 saturated heterocycles. The molecule has 1 saturated carbocycles. The summed E-state index contributed by atoms with van der Waals surface area (Å²) in [5.41, 5.74) is -0.499. The van der Waals surface area contributed by atoms with Crippen molar-refractivity contribution in [3.8, 4) is 0 Å². The molecule has 19 heavy (non-hydrogen) atoms. The summed E-state index contributed by atoms with van der Waals surface area (Å²) in [4.78, 5) is 15.9. The second-order valence-electron chi connectivity index (χ2n) is 5.45. The second-order valence-corrected chi connectivity index (χ2v) is 5.89. The number of carbonyl (C=O) groups excluding carboxylic acids is 1. The second kappa shape index (κ2) is 5.88.